The van der Waals surface area contributed by atoms with Crippen LogP contribution in [0, 0.1) is 6.92 Å². The van der Waals surface area contributed by atoms with E-state index < -0.39 is 0 Å². The van der Waals surface area contributed by atoms with Crippen LogP contribution in [-0.2, 0) is 6.42 Å². The summed E-state index contributed by atoms with van der Waals surface area (Å²) in [6.07, 6.45) is 2.70. The van der Waals surface area contributed by atoms with Gasteiger partial charge in [0.2, 0.25) is 5.95 Å². The van der Waals surface area contributed by atoms with Crippen molar-refractivity contribution in [2.45, 2.75) is 20.3 Å². The first-order valence-corrected chi connectivity index (χ1v) is 9.84. The van der Waals surface area contributed by atoms with Gasteiger partial charge >= 0.3 is 0 Å². The summed E-state index contributed by atoms with van der Waals surface area (Å²) in [6.45, 7) is 8.04. The van der Waals surface area contributed by atoms with Gasteiger partial charge in [0.25, 0.3) is 0 Å². The summed E-state index contributed by atoms with van der Waals surface area (Å²) in [5, 5.41) is 11.7. The fourth-order valence-corrected chi connectivity index (χ4v) is 3.59. The van der Waals surface area contributed by atoms with Crippen LogP contribution in [-0.4, -0.2) is 41.4 Å². The molecule has 0 aliphatic carbocycles. The van der Waals surface area contributed by atoms with Crippen molar-refractivity contribution in [2.24, 2.45) is 0 Å². The highest BCUT2D eigenvalue weighted by Crippen LogP contribution is 2.22. The molecule has 1 aromatic heterocycles. The van der Waals surface area contributed by atoms with Gasteiger partial charge in [-0.2, -0.15) is 10.1 Å². The Morgan fingerprint density at radius 3 is 2.54 bits per heavy atom. The van der Waals surface area contributed by atoms with Crippen LogP contribution in [0.1, 0.15) is 18.1 Å². The van der Waals surface area contributed by atoms with Crippen molar-refractivity contribution >= 4 is 23.1 Å². The Labute approximate surface area is 166 Å². The fraction of sp³-hybridized carbons (Fsp3) is 0.318. The van der Waals surface area contributed by atoms with Crippen molar-refractivity contribution in [1.82, 2.24) is 15.2 Å². The predicted molar refractivity (Wildman–Crippen MR) is 115 cm³/mol. The second kappa shape index (κ2) is 8.25. The maximum atomic E-state index is 4.70. The van der Waals surface area contributed by atoms with Gasteiger partial charge in [0, 0.05) is 37.6 Å². The fourth-order valence-electron chi connectivity index (χ4n) is 3.59. The van der Waals surface area contributed by atoms with Gasteiger partial charge in [-0.1, -0.05) is 37.3 Å². The van der Waals surface area contributed by atoms with E-state index in [9.17, 15) is 0 Å². The van der Waals surface area contributed by atoms with Gasteiger partial charge in [-0.05, 0) is 42.7 Å². The molecule has 144 valence electrons. The molecule has 28 heavy (non-hydrogen) atoms. The third-order valence-corrected chi connectivity index (χ3v) is 5.16. The summed E-state index contributed by atoms with van der Waals surface area (Å²) in [5.74, 6) is 1.41. The molecule has 4 rings (SSSR count). The molecule has 0 atom stereocenters. The molecule has 0 spiro atoms. The van der Waals surface area contributed by atoms with E-state index in [4.69, 9.17) is 4.98 Å². The molecule has 1 aliphatic heterocycles. The van der Waals surface area contributed by atoms with Gasteiger partial charge < -0.3 is 15.1 Å². The van der Waals surface area contributed by atoms with Crippen molar-refractivity contribution in [1.29, 1.82) is 0 Å². The van der Waals surface area contributed by atoms with Gasteiger partial charge in [0.1, 0.15) is 0 Å². The summed E-state index contributed by atoms with van der Waals surface area (Å²) in [6, 6.07) is 16.9. The van der Waals surface area contributed by atoms with Crippen LogP contribution in [0.4, 0.5) is 23.1 Å². The zero-order chi connectivity index (χ0) is 19.3. The number of nitrogens with zero attached hydrogens (tertiary/aromatic N) is 5. The highest BCUT2D eigenvalue weighted by atomic mass is 15.3. The molecule has 6 nitrogen and oxygen atoms in total. The van der Waals surface area contributed by atoms with E-state index in [-0.39, 0.29) is 0 Å². The number of rotatable bonds is 5. The average molecular weight is 374 g/mol. The number of nitrogens with one attached hydrogen (secondary N) is 1. The number of benzene rings is 2. The minimum atomic E-state index is 0.541. The zero-order valence-corrected chi connectivity index (χ0v) is 16.5. The molecule has 0 radical (unpaired) electrons. The largest absolute Gasteiger partial charge is 0.368 e. The Balaban J connectivity index is 1.44. The normalized spacial score (nSPS) is 14.2. The highest BCUT2D eigenvalue weighted by Gasteiger charge is 2.19. The van der Waals surface area contributed by atoms with E-state index >= 15 is 0 Å². The molecule has 0 bridgehead atoms. The number of hydrogen-bond acceptors (Lipinski definition) is 6. The van der Waals surface area contributed by atoms with E-state index in [1.807, 2.05) is 12.1 Å². The number of aromatic nitrogens is 3. The molecule has 2 heterocycles. The van der Waals surface area contributed by atoms with Crippen molar-refractivity contribution in [3.8, 4) is 0 Å². The monoisotopic (exact) mass is 374 g/mol. The Morgan fingerprint density at radius 2 is 1.75 bits per heavy atom. The summed E-state index contributed by atoms with van der Waals surface area (Å²) in [4.78, 5) is 9.40. The van der Waals surface area contributed by atoms with Gasteiger partial charge in [0.05, 0.1) is 6.20 Å². The van der Waals surface area contributed by atoms with E-state index in [2.05, 4.69) is 75.6 Å². The molecule has 2 aromatic carbocycles. The quantitative estimate of drug-likeness (QED) is 0.733. The summed E-state index contributed by atoms with van der Waals surface area (Å²) in [5.41, 5.74) is 4.86. The summed E-state index contributed by atoms with van der Waals surface area (Å²) < 4.78 is 0. The van der Waals surface area contributed by atoms with E-state index in [0.29, 0.717) is 5.95 Å². The highest BCUT2D eigenvalue weighted by molar-refractivity contribution is 5.59. The van der Waals surface area contributed by atoms with Gasteiger partial charge in [-0.3, -0.25) is 0 Å². The topological polar surface area (TPSA) is 57.2 Å². The Morgan fingerprint density at radius 1 is 0.964 bits per heavy atom. The number of piperazine rings is 1. The third-order valence-electron chi connectivity index (χ3n) is 5.16. The lowest BCUT2D eigenvalue weighted by molar-refractivity contribution is 0.644. The minimum Gasteiger partial charge on any atom is -0.368 e. The van der Waals surface area contributed by atoms with Gasteiger partial charge in [-0.15, -0.1) is 5.10 Å². The van der Waals surface area contributed by atoms with Crippen molar-refractivity contribution in [2.75, 3.05) is 41.3 Å². The second-order valence-electron chi connectivity index (χ2n) is 7.09. The summed E-state index contributed by atoms with van der Waals surface area (Å²) in [7, 11) is 0. The van der Waals surface area contributed by atoms with E-state index in [1.165, 1.54) is 16.8 Å². The molecule has 0 saturated carbocycles. The Bertz CT molecular complexity index is 934. The third kappa shape index (κ3) is 4.06. The zero-order valence-electron chi connectivity index (χ0n) is 16.5. The van der Waals surface area contributed by atoms with Crippen LogP contribution in [0.25, 0.3) is 0 Å². The van der Waals surface area contributed by atoms with Gasteiger partial charge in [0.15, 0.2) is 5.82 Å². The average Bonchev–Trinajstić information content (AvgIpc) is 2.74. The lowest BCUT2D eigenvalue weighted by atomic mass is 10.1. The maximum absolute atomic E-state index is 4.70. The molecular formula is C22H26N6. The number of para-hydroxylation sites is 1. The molecule has 1 saturated heterocycles. The van der Waals surface area contributed by atoms with Crippen LogP contribution < -0.4 is 15.1 Å². The Kier molecular flexibility index (Phi) is 5.37. The van der Waals surface area contributed by atoms with E-state index in [1.54, 1.807) is 6.20 Å². The standard InChI is InChI=1S/C22H26N6/c1-3-18-8-4-5-10-20(18)24-22-25-21(16-23-26-22)28-13-11-27(12-14-28)19-9-6-7-17(2)15-19/h4-10,15-16H,3,11-14H2,1-2H3,(H,24,25,26). The van der Waals surface area contributed by atoms with Crippen LogP contribution in [0.5, 0.6) is 0 Å². The molecule has 1 fully saturated rings. The molecule has 6 heteroatoms. The molecule has 3 aromatic rings. The molecule has 1 N–H and O–H groups in total. The first-order valence-electron chi connectivity index (χ1n) is 9.84. The predicted octanol–water partition coefficient (Wildman–Crippen LogP) is 3.81. The number of anilines is 4. The maximum Gasteiger partial charge on any atom is 0.249 e. The number of aryl methyl sites for hydroxylation is 2. The van der Waals surface area contributed by atoms with Crippen LogP contribution >= 0.6 is 0 Å². The van der Waals surface area contributed by atoms with Crippen molar-refractivity contribution in [3.63, 3.8) is 0 Å². The lowest BCUT2D eigenvalue weighted by Crippen LogP contribution is -2.47. The van der Waals surface area contributed by atoms with Crippen molar-refractivity contribution in [3.05, 3.63) is 65.9 Å². The minimum absolute atomic E-state index is 0.541. The van der Waals surface area contributed by atoms with Crippen LogP contribution in [0.3, 0.4) is 0 Å². The smallest absolute Gasteiger partial charge is 0.249 e. The SMILES string of the molecule is CCc1ccccc1Nc1nncc(N2CCN(c3cccc(C)c3)CC2)n1. The number of hydrogen-bond donors (Lipinski definition) is 1. The first-order chi connectivity index (χ1) is 13.7. The Hall–Kier alpha value is -3.15. The van der Waals surface area contributed by atoms with E-state index in [0.717, 1.165) is 44.1 Å². The summed E-state index contributed by atoms with van der Waals surface area (Å²) >= 11 is 0. The molecular weight excluding hydrogens is 348 g/mol. The first kappa shape index (κ1) is 18.2. The lowest BCUT2D eigenvalue weighted by Gasteiger charge is -2.36. The molecule has 1 aliphatic rings. The molecule has 0 unspecified atom stereocenters. The van der Waals surface area contributed by atoms with Crippen LogP contribution in [0.2, 0.25) is 0 Å². The van der Waals surface area contributed by atoms with Crippen molar-refractivity contribution < 1.29 is 0 Å². The second-order valence-corrected chi connectivity index (χ2v) is 7.09. The molecule has 0 amide bonds. The van der Waals surface area contributed by atoms with Gasteiger partial charge in [-0.25, -0.2) is 0 Å². The van der Waals surface area contributed by atoms with Crippen LogP contribution in [0.15, 0.2) is 54.7 Å².